The molecule has 22 heavy (non-hydrogen) atoms. The number of methoxy groups -OCH3 is 1. The third kappa shape index (κ3) is 4.21. The van der Waals surface area contributed by atoms with Crippen molar-refractivity contribution in [1.82, 2.24) is 9.62 Å². The Hall–Kier alpha value is -1.11. The van der Waals surface area contributed by atoms with Crippen LogP contribution in [0.4, 0.5) is 0 Å². The van der Waals surface area contributed by atoms with Gasteiger partial charge in [0.15, 0.2) is 0 Å². The molecule has 1 heterocycles. The van der Waals surface area contributed by atoms with E-state index in [2.05, 4.69) is 18.3 Å². The first-order chi connectivity index (χ1) is 10.5. The zero-order valence-electron chi connectivity index (χ0n) is 13.6. The number of nitrogens with one attached hydrogen (secondary N) is 1. The van der Waals surface area contributed by atoms with Gasteiger partial charge in [0, 0.05) is 31.2 Å². The third-order valence-electron chi connectivity index (χ3n) is 4.44. The van der Waals surface area contributed by atoms with E-state index < -0.39 is 10.0 Å². The van der Waals surface area contributed by atoms with E-state index in [1.165, 1.54) is 6.26 Å². The Bertz CT molecular complexity index is 589. The van der Waals surface area contributed by atoms with Crippen molar-refractivity contribution >= 4 is 10.0 Å². The smallest absolute Gasteiger partial charge is 0.211 e. The molecule has 0 amide bonds. The van der Waals surface area contributed by atoms with Gasteiger partial charge in [-0.1, -0.05) is 31.5 Å². The molecule has 0 spiro atoms. The normalized spacial score (nSPS) is 23.4. The fourth-order valence-corrected chi connectivity index (χ4v) is 3.97. The molecule has 1 aliphatic rings. The summed E-state index contributed by atoms with van der Waals surface area (Å²) in [5, 5.41) is 3.58. The minimum Gasteiger partial charge on any atom is -0.496 e. The van der Waals surface area contributed by atoms with Crippen LogP contribution >= 0.6 is 0 Å². The Morgan fingerprint density at radius 2 is 2.09 bits per heavy atom. The van der Waals surface area contributed by atoms with Crippen LogP contribution in [0, 0.1) is 5.92 Å². The number of nitrogens with zero attached hydrogens (tertiary/aromatic N) is 1. The topological polar surface area (TPSA) is 58.6 Å². The van der Waals surface area contributed by atoms with Gasteiger partial charge in [0.25, 0.3) is 0 Å². The lowest BCUT2D eigenvalue weighted by molar-refractivity contribution is 0.201. The van der Waals surface area contributed by atoms with E-state index in [0.29, 0.717) is 25.0 Å². The Kier molecular flexibility index (Phi) is 5.83. The van der Waals surface area contributed by atoms with Crippen molar-refractivity contribution in [3.8, 4) is 5.75 Å². The number of hydrogen-bond acceptors (Lipinski definition) is 4. The van der Waals surface area contributed by atoms with Gasteiger partial charge >= 0.3 is 0 Å². The summed E-state index contributed by atoms with van der Waals surface area (Å²) in [5.74, 6) is 1.23. The molecule has 0 radical (unpaired) electrons. The Labute approximate surface area is 133 Å². The first-order valence-electron chi connectivity index (χ1n) is 7.76. The van der Waals surface area contributed by atoms with Gasteiger partial charge < -0.3 is 10.1 Å². The molecule has 1 aromatic carbocycles. The first kappa shape index (κ1) is 17.2. The molecule has 0 aromatic heterocycles. The van der Waals surface area contributed by atoms with Crippen molar-refractivity contribution in [2.75, 3.05) is 26.5 Å². The number of benzene rings is 1. The minimum absolute atomic E-state index is 0.341. The fourth-order valence-electron chi connectivity index (χ4n) is 3.07. The molecule has 124 valence electrons. The van der Waals surface area contributed by atoms with Crippen LogP contribution in [-0.2, 0) is 16.6 Å². The summed E-state index contributed by atoms with van der Waals surface area (Å²) in [4.78, 5) is 0. The zero-order valence-corrected chi connectivity index (χ0v) is 14.4. The molecule has 1 aliphatic heterocycles. The Balaban J connectivity index is 1.98. The van der Waals surface area contributed by atoms with Crippen molar-refractivity contribution in [1.29, 1.82) is 0 Å². The molecular formula is C16H26N2O3S. The number of rotatable bonds is 6. The lowest BCUT2D eigenvalue weighted by Gasteiger charge is -2.37. The second-order valence-corrected chi connectivity index (χ2v) is 7.86. The summed E-state index contributed by atoms with van der Waals surface area (Å²) in [6.07, 6.45) is 3.11. The third-order valence-corrected chi connectivity index (χ3v) is 5.71. The van der Waals surface area contributed by atoms with Gasteiger partial charge in [0.2, 0.25) is 10.0 Å². The molecule has 0 bridgehead atoms. The molecule has 6 heteroatoms. The van der Waals surface area contributed by atoms with Crippen LogP contribution < -0.4 is 10.1 Å². The molecule has 2 rings (SSSR count). The van der Waals surface area contributed by atoms with Gasteiger partial charge in [-0.25, -0.2) is 12.7 Å². The van der Waals surface area contributed by atoms with E-state index in [1.54, 1.807) is 11.4 Å². The highest BCUT2D eigenvalue weighted by Gasteiger charge is 2.31. The second-order valence-electron chi connectivity index (χ2n) is 5.88. The van der Waals surface area contributed by atoms with Gasteiger partial charge in [-0.3, -0.25) is 0 Å². The molecule has 1 aromatic rings. The maximum Gasteiger partial charge on any atom is 0.211 e. The lowest BCUT2D eigenvalue weighted by atomic mass is 9.91. The molecule has 0 aliphatic carbocycles. The maximum atomic E-state index is 11.7. The molecule has 0 saturated carbocycles. The summed E-state index contributed by atoms with van der Waals surface area (Å²) in [7, 11) is -1.41. The number of ether oxygens (including phenoxy) is 1. The van der Waals surface area contributed by atoms with E-state index in [9.17, 15) is 8.42 Å². The molecule has 1 N–H and O–H groups in total. The Morgan fingerprint density at radius 3 is 2.73 bits per heavy atom. The van der Waals surface area contributed by atoms with E-state index in [0.717, 1.165) is 30.7 Å². The largest absolute Gasteiger partial charge is 0.496 e. The number of sulfonamides is 1. The summed E-state index contributed by atoms with van der Waals surface area (Å²) in [6.45, 7) is 4.07. The monoisotopic (exact) mass is 326 g/mol. The molecule has 0 unspecified atom stereocenters. The van der Waals surface area contributed by atoms with Gasteiger partial charge in [0.1, 0.15) is 5.75 Å². The summed E-state index contributed by atoms with van der Waals surface area (Å²) in [6, 6.07) is 8.32. The fraction of sp³-hybridized carbons (Fsp3) is 0.625. The molecule has 5 nitrogen and oxygen atoms in total. The predicted octanol–water partition coefficient (Wildman–Crippen LogP) is 1.84. The van der Waals surface area contributed by atoms with Crippen molar-refractivity contribution in [2.45, 2.75) is 32.4 Å². The highest BCUT2D eigenvalue weighted by molar-refractivity contribution is 7.88. The summed E-state index contributed by atoms with van der Waals surface area (Å²) < 4.78 is 30.4. The average Bonchev–Trinajstić information content (AvgIpc) is 2.52. The Morgan fingerprint density at radius 1 is 1.36 bits per heavy atom. The van der Waals surface area contributed by atoms with Crippen LogP contribution in [0.25, 0.3) is 0 Å². The van der Waals surface area contributed by atoms with Crippen molar-refractivity contribution < 1.29 is 13.2 Å². The number of para-hydroxylation sites is 1. The molecule has 1 saturated heterocycles. The highest BCUT2D eigenvalue weighted by atomic mass is 32.2. The zero-order chi connectivity index (χ0) is 16.2. The second kappa shape index (κ2) is 7.44. The van der Waals surface area contributed by atoms with Crippen LogP contribution in [-0.4, -0.2) is 45.2 Å². The van der Waals surface area contributed by atoms with Gasteiger partial charge in [-0.15, -0.1) is 0 Å². The van der Waals surface area contributed by atoms with Crippen LogP contribution in [0.3, 0.4) is 0 Å². The van der Waals surface area contributed by atoms with E-state index in [-0.39, 0.29) is 0 Å². The average molecular weight is 326 g/mol. The summed E-state index contributed by atoms with van der Waals surface area (Å²) >= 11 is 0. The van der Waals surface area contributed by atoms with Crippen LogP contribution in [0.5, 0.6) is 5.75 Å². The highest BCUT2D eigenvalue weighted by Crippen LogP contribution is 2.23. The lowest BCUT2D eigenvalue weighted by Crippen LogP contribution is -2.50. The van der Waals surface area contributed by atoms with E-state index >= 15 is 0 Å². The van der Waals surface area contributed by atoms with Gasteiger partial charge in [-0.05, 0) is 18.4 Å². The number of piperidine rings is 1. The SMILES string of the molecule is CC[C@H]1CN(S(C)(=O)=O)CC[C@@H]1NCc1ccccc1OC. The van der Waals surface area contributed by atoms with Crippen molar-refractivity contribution in [3.63, 3.8) is 0 Å². The van der Waals surface area contributed by atoms with Crippen LogP contribution in [0.2, 0.25) is 0 Å². The predicted molar refractivity (Wildman–Crippen MR) is 88.4 cm³/mol. The van der Waals surface area contributed by atoms with Crippen LogP contribution in [0.15, 0.2) is 24.3 Å². The van der Waals surface area contributed by atoms with Crippen molar-refractivity contribution in [3.05, 3.63) is 29.8 Å². The standard InChI is InChI=1S/C16H26N2O3S/c1-4-13-12-18(22(3,19)20)10-9-15(13)17-11-14-7-5-6-8-16(14)21-2/h5-8,13,15,17H,4,9-12H2,1-3H3/t13-,15-/m0/s1. The molecular weight excluding hydrogens is 300 g/mol. The number of hydrogen-bond donors (Lipinski definition) is 1. The van der Waals surface area contributed by atoms with Gasteiger partial charge in [0.05, 0.1) is 13.4 Å². The maximum absolute atomic E-state index is 11.7. The molecule has 1 fully saturated rings. The quantitative estimate of drug-likeness (QED) is 0.867. The minimum atomic E-state index is -3.08. The van der Waals surface area contributed by atoms with E-state index in [1.807, 2.05) is 18.2 Å². The van der Waals surface area contributed by atoms with Crippen molar-refractivity contribution in [2.24, 2.45) is 5.92 Å². The van der Waals surface area contributed by atoms with E-state index in [4.69, 9.17) is 4.74 Å². The van der Waals surface area contributed by atoms with Crippen LogP contribution in [0.1, 0.15) is 25.3 Å². The summed E-state index contributed by atoms with van der Waals surface area (Å²) in [5.41, 5.74) is 1.13. The first-order valence-corrected chi connectivity index (χ1v) is 9.61. The van der Waals surface area contributed by atoms with Gasteiger partial charge in [-0.2, -0.15) is 0 Å². The molecule has 2 atom stereocenters.